The highest BCUT2D eigenvalue weighted by Crippen LogP contribution is 2.25. The van der Waals surface area contributed by atoms with E-state index in [1.54, 1.807) is 31.2 Å². The van der Waals surface area contributed by atoms with Crippen LogP contribution in [-0.4, -0.2) is 39.0 Å². The smallest absolute Gasteiger partial charge is 0.338 e. The predicted molar refractivity (Wildman–Crippen MR) is 132 cm³/mol. The fraction of sp³-hybridized carbons (Fsp3) is 0.360. The quantitative estimate of drug-likeness (QED) is 0.352. The largest absolute Gasteiger partial charge is 0.486 e. The number of carbonyl (C=O) groups is 2. The standard InChI is InChI=1S/C25H30N4O4S/c1-6-32-23(31)17-7-11-19(12-8-17)26-22(30)16-34-24-28-27-21(29(24)5)15-33-20-13-9-18(10-14-20)25(2,3)4/h7-14H,6,15-16H2,1-5H3,(H,26,30). The number of hydrogen-bond donors (Lipinski definition) is 1. The van der Waals surface area contributed by atoms with Crippen LogP contribution in [0.5, 0.6) is 5.75 Å². The molecule has 34 heavy (non-hydrogen) atoms. The second-order valence-corrected chi connectivity index (χ2v) is 9.60. The minimum absolute atomic E-state index is 0.0899. The number of benzene rings is 2. The molecule has 3 aromatic rings. The summed E-state index contributed by atoms with van der Waals surface area (Å²) in [6.45, 7) is 8.85. The van der Waals surface area contributed by atoms with Crippen molar-refractivity contribution in [2.75, 3.05) is 17.7 Å². The Kier molecular flexibility index (Phi) is 8.33. The van der Waals surface area contributed by atoms with Crippen LogP contribution in [0.1, 0.15) is 49.4 Å². The molecule has 180 valence electrons. The Balaban J connectivity index is 1.49. The summed E-state index contributed by atoms with van der Waals surface area (Å²) in [5.74, 6) is 1.02. The molecule has 2 aromatic carbocycles. The highest BCUT2D eigenvalue weighted by Gasteiger charge is 2.15. The number of hydrogen-bond acceptors (Lipinski definition) is 7. The van der Waals surface area contributed by atoms with Gasteiger partial charge in [-0.2, -0.15) is 0 Å². The molecule has 0 fully saturated rings. The van der Waals surface area contributed by atoms with E-state index in [4.69, 9.17) is 9.47 Å². The molecule has 1 aromatic heterocycles. The van der Waals surface area contributed by atoms with Crippen LogP contribution in [0.15, 0.2) is 53.7 Å². The lowest BCUT2D eigenvalue weighted by molar-refractivity contribution is -0.113. The predicted octanol–water partition coefficient (Wildman–Crippen LogP) is 4.60. The molecule has 0 aliphatic carbocycles. The topological polar surface area (TPSA) is 95.3 Å². The molecule has 0 radical (unpaired) electrons. The number of nitrogens with one attached hydrogen (secondary N) is 1. The van der Waals surface area contributed by atoms with Crippen LogP contribution < -0.4 is 10.1 Å². The third kappa shape index (κ3) is 6.84. The molecule has 0 atom stereocenters. The number of aromatic nitrogens is 3. The minimum Gasteiger partial charge on any atom is -0.486 e. The third-order valence-corrected chi connectivity index (χ3v) is 6.05. The molecule has 1 amide bonds. The molecule has 9 heteroatoms. The van der Waals surface area contributed by atoms with Gasteiger partial charge in [-0.1, -0.05) is 44.7 Å². The first kappa shape index (κ1) is 25.3. The molecule has 8 nitrogen and oxygen atoms in total. The SMILES string of the molecule is CCOC(=O)c1ccc(NC(=O)CSc2nnc(COc3ccc(C(C)(C)C)cc3)n2C)cc1. The third-order valence-electron chi connectivity index (χ3n) is 5.03. The normalized spacial score (nSPS) is 11.2. The van der Waals surface area contributed by atoms with Crippen molar-refractivity contribution in [3.63, 3.8) is 0 Å². The van der Waals surface area contributed by atoms with Crippen molar-refractivity contribution >= 4 is 29.3 Å². The van der Waals surface area contributed by atoms with Crippen molar-refractivity contribution in [2.45, 2.75) is 44.9 Å². The van der Waals surface area contributed by atoms with Gasteiger partial charge in [0.05, 0.1) is 17.9 Å². The van der Waals surface area contributed by atoms with E-state index < -0.39 is 0 Å². The molecule has 1 N–H and O–H groups in total. The van der Waals surface area contributed by atoms with Crippen molar-refractivity contribution in [3.8, 4) is 5.75 Å². The van der Waals surface area contributed by atoms with Gasteiger partial charge in [0.25, 0.3) is 0 Å². The summed E-state index contributed by atoms with van der Waals surface area (Å²) in [4.78, 5) is 24.0. The molecule has 0 aliphatic rings. The fourth-order valence-corrected chi connectivity index (χ4v) is 3.76. The van der Waals surface area contributed by atoms with Crippen LogP contribution in [0.4, 0.5) is 5.69 Å². The Morgan fingerprint density at radius 2 is 1.71 bits per heavy atom. The first-order valence-electron chi connectivity index (χ1n) is 11.0. The number of ether oxygens (including phenoxy) is 2. The zero-order valence-electron chi connectivity index (χ0n) is 20.1. The van der Waals surface area contributed by atoms with E-state index in [0.717, 1.165) is 5.75 Å². The first-order chi connectivity index (χ1) is 16.2. The maximum atomic E-state index is 12.3. The zero-order chi connectivity index (χ0) is 24.7. The van der Waals surface area contributed by atoms with Crippen LogP contribution >= 0.6 is 11.8 Å². The molecular weight excluding hydrogens is 452 g/mol. The molecular formula is C25H30N4O4S. The van der Waals surface area contributed by atoms with E-state index in [0.29, 0.717) is 28.8 Å². The van der Waals surface area contributed by atoms with E-state index in [2.05, 4.69) is 48.4 Å². The lowest BCUT2D eigenvalue weighted by atomic mass is 9.87. The molecule has 0 aliphatic heterocycles. The number of nitrogens with zero attached hydrogens (tertiary/aromatic N) is 3. The van der Waals surface area contributed by atoms with Crippen LogP contribution in [0.25, 0.3) is 0 Å². The molecule has 0 spiro atoms. The number of amides is 1. The lowest BCUT2D eigenvalue weighted by Gasteiger charge is -2.19. The van der Waals surface area contributed by atoms with Crippen molar-refractivity contribution < 1.29 is 19.1 Å². The van der Waals surface area contributed by atoms with E-state index in [-0.39, 0.29) is 29.7 Å². The molecule has 0 saturated heterocycles. The highest BCUT2D eigenvalue weighted by atomic mass is 32.2. The van der Waals surface area contributed by atoms with Gasteiger partial charge < -0.3 is 19.4 Å². The highest BCUT2D eigenvalue weighted by molar-refractivity contribution is 7.99. The van der Waals surface area contributed by atoms with Crippen LogP contribution in [0.2, 0.25) is 0 Å². The van der Waals surface area contributed by atoms with E-state index >= 15 is 0 Å². The van der Waals surface area contributed by atoms with E-state index in [1.807, 2.05) is 23.7 Å². The summed E-state index contributed by atoms with van der Waals surface area (Å²) in [5.41, 5.74) is 2.37. The molecule has 0 bridgehead atoms. The summed E-state index contributed by atoms with van der Waals surface area (Å²) in [7, 11) is 1.84. The minimum atomic E-state index is -0.389. The van der Waals surface area contributed by atoms with Gasteiger partial charge in [0, 0.05) is 12.7 Å². The molecule has 0 saturated carbocycles. The van der Waals surface area contributed by atoms with Crippen molar-refractivity contribution in [3.05, 3.63) is 65.5 Å². The van der Waals surface area contributed by atoms with Crippen LogP contribution in [-0.2, 0) is 28.6 Å². The van der Waals surface area contributed by atoms with Gasteiger partial charge in [-0.05, 0) is 54.3 Å². The van der Waals surface area contributed by atoms with Gasteiger partial charge in [0.2, 0.25) is 5.91 Å². The summed E-state index contributed by atoms with van der Waals surface area (Å²) < 4.78 is 12.6. The van der Waals surface area contributed by atoms with Crippen molar-refractivity contribution in [1.82, 2.24) is 14.8 Å². The fourth-order valence-electron chi connectivity index (χ4n) is 3.03. The van der Waals surface area contributed by atoms with Gasteiger partial charge in [-0.3, -0.25) is 4.79 Å². The molecule has 0 unspecified atom stereocenters. The van der Waals surface area contributed by atoms with Gasteiger partial charge >= 0.3 is 5.97 Å². The van der Waals surface area contributed by atoms with Gasteiger partial charge in [0.1, 0.15) is 12.4 Å². The van der Waals surface area contributed by atoms with Crippen molar-refractivity contribution in [1.29, 1.82) is 0 Å². The number of rotatable bonds is 9. The Labute approximate surface area is 204 Å². The first-order valence-corrected chi connectivity index (χ1v) is 12.0. The second kappa shape index (κ2) is 11.2. The van der Waals surface area contributed by atoms with Crippen molar-refractivity contribution in [2.24, 2.45) is 7.05 Å². The lowest BCUT2D eigenvalue weighted by Crippen LogP contribution is -2.15. The average molecular weight is 483 g/mol. The number of anilines is 1. The maximum absolute atomic E-state index is 12.3. The van der Waals surface area contributed by atoms with Crippen LogP contribution in [0.3, 0.4) is 0 Å². The van der Waals surface area contributed by atoms with Gasteiger partial charge in [-0.15, -0.1) is 10.2 Å². The monoisotopic (exact) mass is 482 g/mol. The van der Waals surface area contributed by atoms with E-state index in [1.165, 1.54) is 17.3 Å². The summed E-state index contributed by atoms with van der Waals surface area (Å²) in [6.07, 6.45) is 0. The maximum Gasteiger partial charge on any atom is 0.338 e. The van der Waals surface area contributed by atoms with Gasteiger partial charge in [-0.25, -0.2) is 4.79 Å². The average Bonchev–Trinajstić information content (AvgIpc) is 3.16. The Morgan fingerprint density at radius 3 is 2.32 bits per heavy atom. The van der Waals surface area contributed by atoms with Crippen LogP contribution in [0, 0.1) is 0 Å². The number of esters is 1. The van der Waals surface area contributed by atoms with Gasteiger partial charge in [0.15, 0.2) is 11.0 Å². The second-order valence-electron chi connectivity index (χ2n) is 8.66. The summed E-state index contributed by atoms with van der Waals surface area (Å²) in [5, 5.41) is 11.8. The Bertz CT molecular complexity index is 1120. The Hall–Kier alpha value is -3.33. The summed E-state index contributed by atoms with van der Waals surface area (Å²) in [6, 6.07) is 14.6. The number of thioether (sulfide) groups is 1. The number of carbonyl (C=O) groups excluding carboxylic acids is 2. The zero-order valence-corrected chi connectivity index (χ0v) is 20.9. The molecule has 1 heterocycles. The Morgan fingerprint density at radius 1 is 1.03 bits per heavy atom. The van der Waals surface area contributed by atoms with E-state index in [9.17, 15) is 9.59 Å². The molecule has 3 rings (SSSR count). The summed E-state index contributed by atoms with van der Waals surface area (Å²) >= 11 is 1.28.